The zero-order valence-corrected chi connectivity index (χ0v) is 17.5. The fourth-order valence-electron chi connectivity index (χ4n) is 2.61. The van der Waals surface area contributed by atoms with Crippen LogP contribution >= 0.6 is 11.6 Å². The highest BCUT2D eigenvalue weighted by Crippen LogP contribution is 2.26. The Morgan fingerprint density at radius 3 is 2.17 bits per heavy atom. The van der Waals surface area contributed by atoms with E-state index in [1.807, 2.05) is 13.8 Å². The van der Waals surface area contributed by atoms with Crippen LogP contribution in [0.4, 0.5) is 11.4 Å². The van der Waals surface area contributed by atoms with E-state index in [4.69, 9.17) is 16.3 Å². The molecule has 0 aromatic heterocycles. The molecule has 0 radical (unpaired) electrons. The van der Waals surface area contributed by atoms with E-state index >= 15 is 0 Å². The third kappa shape index (κ3) is 6.22. The Labute approximate surface area is 174 Å². The van der Waals surface area contributed by atoms with Crippen LogP contribution in [0.5, 0.6) is 5.75 Å². The summed E-state index contributed by atoms with van der Waals surface area (Å²) in [5.41, 5.74) is 1.32. The lowest BCUT2D eigenvalue weighted by Gasteiger charge is -2.22. The van der Waals surface area contributed by atoms with E-state index in [-0.39, 0.29) is 22.8 Å². The summed E-state index contributed by atoms with van der Waals surface area (Å²) in [6.45, 7) is 5.06. The highest BCUT2D eigenvalue weighted by Gasteiger charge is 2.25. The monoisotopic (exact) mass is 417 g/mol. The van der Waals surface area contributed by atoms with Crippen molar-refractivity contribution in [3.8, 4) is 5.75 Å². The number of methoxy groups -OCH3 is 1. The standard InChI is InChI=1S/C21H24ClN3O4/c1-12(2)19(25-20(27)14-5-8-16(29-4)9-6-14)21(28)24-18-10-7-15(11-17(18)22)23-13(3)26/h5-12,19H,1-4H3,(H,23,26)(H,24,28)(H,25,27). The fourth-order valence-corrected chi connectivity index (χ4v) is 2.84. The minimum Gasteiger partial charge on any atom is -0.497 e. The number of hydrogen-bond donors (Lipinski definition) is 3. The molecule has 3 N–H and O–H groups in total. The molecule has 2 rings (SSSR count). The molecule has 8 heteroatoms. The van der Waals surface area contributed by atoms with Crippen LogP contribution in [0.1, 0.15) is 31.1 Å². The summed E-state index contributed by atoms with van der Waals surface area (Å²) in [5.74, 6) is -0.504. The molecule has 0 saturated heterocycles. The van der Waals surface area contributed by atoms with Gasteiger partial charge in [0, 0.05) is 18.2 Å². The Morgan fingerprint density at radius 1 is 1.00 bits per heavy atom. The van der Waals surface area contributed by atoms with E-state index in [9.17, 15) is 14.4 Å². The molecular weight excluding hydrogens is 394 g/mol. The number of carbonyl (C=O) groups excluding carboxylic acids is 3. The molecule has 1 unspecified atom stereocenters. The van der Waals surface area contributed by atoms with Gasteiger partial charge in [-0.05, 0) is 48.4 Å². The van der Waals surface area contributed by atoms with E-state index in [2.05, 4.69) is 16.0 Å². The van der Waals surface area contributed by atoms with E-state index in [0.717, 1.165) is 0 Å². The van der Waals surface area contributed by atoms with Gasteiger partial charge in [-0.2, -0.15) is 0 Å². The highest BCUT2D eigenvalue weighted by atomic mass is 35.5. The molecule has 29 heavy (non-hydrogen) atoms. The number of hydrogen-bond acceptors (Lipinski definition) is 4. The molecule has 2 aromatic carbocycles. The van der Waals surface area contributed by atoms with Crippen LogP contribution in [0.3, 0.4) is 0 Å². The Morgan fingerprint density at radius 2 is 1.66 bits per heavy atom. The Balaban J connectivity index is 2.10. The summed E-state index contributed by atoms with van der Waals surface area (Å²) in [6.07, 6.45) is 0. The average molecular weight is 418 g/mol. The Hall–Kier alpha value is -3.06. The van der Waals surface area contributed by atoms with Crippen molar-refractivity contribution in [1.82, 2.24) is 5.32 Å². The summed E-state index contributed by atoms with van der Waals surface area (Å²) < 4.78 is 5.08. The first-order valence-corrected chi connectivity index (χ1v) is 9.42. The van der Waals surface area contributed by atoms with Gasteiger partial charge < -0.3 is 20.7 Å². The van der Waals surface area contributed by atoms with Gasteiger partial charge in [0.05, 0.1) is 17.8 Å². The maximum absolute atomic E-state index is 12.8. The SMILES string of the molecule is COc1ccc(C(=O)NC(C(=O)Nc2ccc(NC(C)=O)cc2Cl)C(C)C)cc1. The van der Waals surface area contributed by atoms with Gasteiger partial charge in [-0.15, -0.1) is 0 Å². The van der Waals surface area contributed by atoms with Gasteiger partial charge in [-0.1, -0.05) is 25.4 Å². The second-order valence-electron chi connectivity index (χ2n) is 6.79. The predicted octanol–water partition coefficient (Wildman–Crippen LogP) is 3.70. The number of halogens is 1. The number of nitrogens with one attached hydrogen (secondary N) is 3. The van der Waals surface area contributed by atoms with Gasteiger partial charge in [0.2, 0.25) is 11.8 Å². The smallest absolute Gasteiger partial charge is 0.251 e. The van der Waals surface area contributed by atoms with Crippen LogP contribution in [-0.2, 0) is 9.59 Å². The van der Waals surface area contributed by atoms with Gasteiger partial charge in [0.25, 0.3) is 5.91 Å². The predicted molar refractivity (Wildman–Crippen MR) is 113 cm³/mol. The summed E-state index contributed by atoms with van der Waals surface area (Å²) >= 11 is 6.21. The topological polar surface area (TPSA) is 96.5 Å². The molecule has 3 amide bonds. The lowest BCUT2D eigenvalue weighted by molar-refractivity contribution is -0.119. The second kappa shape index (κ2) is 9.93. The van der Waals surface area contributed by atoms with Crippen LogP contribution in [0.15, 0.2) is 42.5 Å². The molecule has 7 nitrogen and oxygen atoms in total. The summed E-state index contributed by atoms with van der Waals surface area (Å²) in [7, 11) is 1.54. The first kappa shape index (κ1) is 22.2. The average Bonchev–Trinajstić information content (AvgIpc) is 2.67. The number of carbonyl (C=O) groups is 3. The van der Waals surface area contributed by atoms with Crippen molar-refractivity contribution in [3.63, 3.8) is 0 Å². The van der Waals surface area contributed by atoms with Gasteiger partial charge in [-0.25, -0.2) is 0 Å². The Bertz CT molecular complexity index is 897. The van der Waals surface area contributed by atoms with E-state index in [0.29, 0.717) is 22.7 Å². The van der Waals surface area contributed by atoms with E-state index < -0.39 is 11.9 Å². The fraction of sp³-hybridized carbons (Fsp3) is 0.286. The van der Waals surface area contributed by atoms with Crippen molar-refractivity contribution in [2.24, 2.45) is 5.92 Å². The van der Waals surface area contributed by atoms with Crippen molar-refractivity contribution in [2.75, 3.05) is 17.7 Å². The molecule has 2 aromatic rings. The summed E-state index contributed by atoms with van der Waals surface area (Å²) in [6, 6.07) is 10.6. The minimum absolute atomic E-state index is 0.158. The molecule has 0 bridgehead atoms. The molecule has 154 valence electrons. The minimum atomic E-state index is -0.768. The molecule has 0 aliphatic rings. The van der Waals surface area contributed by atoms with Crippen LogP contribution in [0.25, 0.3) is 0 Å². The maximum atomic E-state index is 12.8. The largest absolute Gasteiger partial charge is 0.497 e. The molecular formula is C21H24ClN3O4. The third-order valence-corrected chi connectivity index (χ3v) is 4.45. The van der Waals surface area contributed by atoms with Gasteiger partial charge in [-0.3, -0.25) is 14.4 Å². The number of amides is 3. The molecule has 0 aliphatic carbocycles. The quantitative estimate of drug-likeness (QED) is 0.639. The van der Waals surface area contributed by atoms with Crippen LogP contribution in [-0.4, -0.2) is 30.9 Å². The van der Waals surface area contributed by atoms with Gasteiger partial charge >= 0.3 is 0 Å². The maximum Gasteiger partial charge on any atom is 0.251 e. The molecule has 0 aliphatic heterocycles. The molecule has 0 saturated carbocycles. The van der Waals surface area contributed by atoms with Crippen LogP contribution < -0.4 is 20.7 Å². The van der Waals surface area contributed by atoms with Crippen molar-refractivity contribution < 1.29 is 19.1 Å². The number of rotatable bonds is 7. The molecule has 0 heterocycles. The normalized spacial score (nSPS) is 11.5. The van der Waals surface area contributed by atoms with Crippen molar-refractivity contribution in [3.05, 3.63) is 53.1 Å². The number of benzene rings is 2. The van der Waals surface area contributed by atoms with Crippen LogP contribution in [0.2, 0.25) is 5.02 Å². The Kier molecular flexibility index (Phi) is 7.61. The summed E-state index contributed by atoms with van der Waals surface area (Å²) in [4.78, 5) is 36.4. The molecule has 0 fully saturated rings. The highest BCUT2D eigenvalue weighted by molar-refractivity contribution is 6.34. The van der Waals surface area contributed by atoms with Crippen molar-refractivity contribution in [2.45, 2.75) is 26.8 Å². The zero-order valence-electron chi connectivity index (χ0n) is 16.7. The number of ether oxygens (including phenoxy) is 1. The first-order valence-electron chi connectivity index (χ1n) is 9.04. The number of anilines is 2. The van der Waals surface area contributed by atoms with Gasteiger partial charge in [0.15, 0.2) is 0 Å². The van der Waals surface area contributed by atoms with Crippen LogP contribution in [0, 0.1) is 5.92 Å². The lowest BCUT2D eigenvalue weighted by Crippen LogP contribution is -2.47. The molecule has 1 atom stereocenters. The van der Waals surface area contributed by atoms with E-state index in [1.54, 1.807) is 49.6 Å². The van der Waals surface area contributed by atoms with Crippen molar-refractivity contribution >= 4 is 40.7 Å². The second-order valence-corrected chi connectivity index (χ2v) is 7.20. The first-order chi connectivity index (χ1) is 13.7. The lowest BCUT2D eigenvalue weighted by atomic mass is 10.0. The van der Waals surface area contributed by atoms with Crippen molar-refractivity contribution in [1.29, 1.82) is 0 Å². The summed E-state index contributed by atoms with van der Waals surface area (Å²) in [5, 5.41) is 8.37. The molecule has 0 spiro atoms. The zero-order chi connectivity index (χ0) is 21.6. The third-order valence-electron chi connectivity index (χ3n) is 4.14. The van der Waals surface area contributed by atoms with Gasteiger partial charge in [0.1, 0.15) is 11.8 Å². The van der Waals surface area contributed by atoms with E-state index in [1.165, 1.54) is 6.92 Å².